The van der Waals surface area contributed by atoms with E-state index in [2.05, 4.69) is 20.4 Å². The molecule has 3 fully saturated rings. The molecule has 1 aromatic carbocycles. The number of rotatable bonds is 5. The smallest absolute Gasteiger partial charge is 0.157 e. The summed E-state index contributed by atoms with van der Waals surface area (Å²) in [4.78, 5) is 2.67. The normalized spacial score (nSPS) is 26.2. The molecule has 2 saturated heterocycles. The first-order valence-electron chi connectivity index (χ1n) is 11.9. The van der Waals surface area contributed by atoms with Crippen molar-refractivity contribution >= 4 is 27.2 Å². The van der Waals surface area contributed by atoms with E-state index < -0.39 is 11.6 Å². The lowest BCUT2D eigenvalue weighted by atomic mass is 10.00. The molecule has 174 valence electrons. The Morgan fingerprint density at radius 2 is 1.85 bits per heavy atom. The molecule has 1 saturated carbocycles. The molecular weight excluding hydrogens is 442 g/mol. The van der Waals surface area contributed by atoms with Gasteiger partial charge in [0.05, 0.1) is 4.70 Å². The van der Waals surface area contributed by atoms with Gasteiger partial charge in [0.15, 0.2) is 5.82 Å². The van der Waals surface area contributed by atoms with Crippen LogP contribution >= 0.6 is 11.3 Å². The Bertz CT molecular complexity index is 1130. The number of halogens is 2. The molecule has 2 aliphatic heterocycles. The van der Waals surface area contributed by atoms with Gasteiger partial charge in [0.25, 0.3) is 0 Å². The number of aromatic nitrogens is 2. The molecule has 5 nitrogen and oxygen atoms in total. The first kappa shape index (κ1) is 21.4. The van der Waals surface area contributed by atoms with Crippen molar-refractivity contribution in [3.63, 3.8) is 0 Å². The van der Waals surface area contributed by atoms with Gasteiger partial charge in [0, 0.05) is 49.8 Å². The Hall–Kier alpha value is -2.16. The van der Waals surface area contributed by atoms with E-state index in [0.29, 0.717) is 11.7 Å². The summed E-state index contributed by atoms with van der Waals surface area (Å²) in [5.41, 5.74) is 0.552. The maximum absolute atomic E-state index is 14.4. The van der Waals surface area contributed by atoms with E-state index in [0.717, 1.165) is 71.8 Å². The van der Waals surface area contributed by atoms with E-state index in [4.69, 9.17) is 4.74 Å². The standard InChI is InChI=1S/C25H28F2N4OS/c26-18-1-2-22(27)21(11-18)23-24-20(5-8-33-24)25(30-29-23)28-19-9-16-13-31(14-17(16)10-19)12-15-3-6-32-7-4-15/h1-2,5,8,11,15-17,19H,3-4,6-7,9-10,12-14H2,(H,28,30)/t16-,17+,19+. The third kappa shape index (κ3) is 4.24. The number of nitrogens with one attached hydrogen (secondary N) is 1. The molecule has 0 unspecified atom stereocenters. The lowest BCUT2D eigenvalue weighted by Crippen LogP contribution is -2.32. The maximum atomic E-state index is 14.4. The zero-order valence-corrected chi connectivity index (χ0v) is 19.3. The summed E-state index contributed by atoms with van der Waals surface area (Å²) < 4.78 is 34.5. The molecule has 0 amide bonds. The van der Waals surface area contributed by atoms with Gasteiger partial charge in [-0.15, -0.1) is 21.5 Å². The molecule has 3 aliphatic rings. The van der Waals surface area contributed by atoms with Crippen molar-refractivity contribution < 1.29 is 13.5 Å². The van der Waals surface area contributed by atoms with Crippen molar-refractivity contribution in [3.05, 3.63) is 41.3 Å². The number of likely N-dealkylation sites (tertiary alicyclic amines) is 1. The molecule has 2 aromatic heterocycles. The Balaban J connectivity index is 1.14. The van der Waals surface area contributed by atoms with E-state index in [9.17, 15) is 8.78 Å². The Kier molecular flexibility index (Phi) is 5.76. The van der Waals surface area contributed by atoms with Gasteiger partial charge in [-0.3, -0.25) is 0 Å². The van der Waals surface area contributed by atoms with Gasteiger partial charge in [-0.25, -0.2) is 8.78 Å². The van der Waals surface area contributed by atoms with Gasteiger partial charge in [-0.2, -0.15) is 0 Å². The van der Waals surface area contributed by atoms with Crippen LogP contribution in [0.2, 0.25) is 0 Å². The molecule has 0 spiro atoms. The summed E-state index contributed by atoms with van der Waals surface area (Å²) in [6.45, 7) is 5.43. The maximum Gasteiger partial charge on any atom is 0.157 e. The lowest BCUT2D eigenvalue weighted by Gasteiger charge is -2.27. The second-order valence-corrected chi connectivity index (χ2v) is 10.7. The molecule has 0 radical (unpaired) electrons. The molecule has 6 rings (SSSR count). The second-order valence-electron chi connectivity index (χ2n) is 9.79. The van der Waals surface area contributed by atoms with Gasteiger partial charge in [-0.05, 0) is 73.1 Å². The summed E-state index contributed by atoms with van der Waals surface area (Å²) in [5.74, 6) is 2.02. The monoisotopic (exact) mass is 470 g/mol. The van der Waals surface area contributed by atoms with Crippen LogP contribution in [0.5, 0.6) is 0 Å². The van der Waals surface area contributed by atoms with Crippen molar-refractivity contribution in [2.24, 2.45) is 17.8 Å². The first-order chi connectivity index (χ1) is 16.1. The predicted octanol–water partition coefficient (Wildman–Crippen LogP) is 5.19. The molecule has 3 atom stereocenters. The van der Waals surface area contributed by atoms with Gasteiger partial charge < -0.3 is 15.0 Å². The summed E-state index contributed by atoms with van der Waals surface area (Å²) in [7, 11) is 0. The predicted molar refractivity (Wildman–Crippen MR) is 126 cm³/mol. The minimum atomic E-state index is -0.491. The first-order valence-corrected chi connectivity index (χ1v) is 12.8. The number of anilines is 1. The highest BCUT2D eigenvalue weighted by atomic mass is 32.1. The van der Waals surface area contributed by atoms with Crippen LogP contribution in [0, 0.1) is 29.4 Å². The van der Waals surface area contributed by atoms with Crippen LogP contribution < -0.4 is 5.32 Å². The third-order valence-electron chi connectivity index (χ3n) is 7.59. The highest BCUT2D eigenvalue weighted by molar-refractivity contribution is 7.17. The molecule has 4 heterocycles. The summed E-state index contributed by atoms with van der Waals surface area (Å²) >= 11 is 1.48. The minimum absolute atomic E-state index is 0.154. The second kappa shape index (κ2) is 8.89. The average molecular weight is 471 g/mol. The largest absolute Gasteiger partial charge is 0.381 e. The summed E-state index contributed by atoms with van der Waals surface area (Å²) in [6.07, 6.45) is 4.67. The highest BCUT2D eigenvalue weighted by Crippen LogP contribution is 2.41. The topological polar surface area (TPSA) is 50.3 Å². The number of nitrogens with zero attached hydrogens (tertiary/aromatic N) is 3. The molecular formula is C25H28F2N4OS. The van der Waals surface area contributed by atoms with Crippen molar-refractivity contribution in [1.29, 1.82) is 0 Å². The van der Waals surface area contributed by atoms with Gasteiger partial charge in [0.2, 0.25) is 0 Å². The van der Waals surface area contributed by atoms with Crippen molar-refractivity contribution in [2.75, 3.05) is 38.2 Å². The number of fused-ring (bicyclic) bond motifs is 2. The van der Waals surface area contributed by atoms with Crippen LogP contribution in [-0.4, -0.2) is 54.0 Å². The number of hydrogen-bond acceptors (Lipinski definition) is 6. The van der Waals surface area contributed by atoms with Crippen LogP contribution in [0.1, 0.15) is 25.7 Å². The number of benzene rings is 1. The van der Waals surface area contributed by atoms with E-state index in [1.165, 1.54) is 49.9 Å². The number of ether oxygens (including phenoxy) is 1. The van der Waals surface area contributed by atoms with Crippen molar-refractivity contribution in [1.82, 2.24) is 15.1 Å². The molecule has 0 bridgehead atoms. The zero-order chi connectivity index (χ0) is 22.4. The fourth-order valence-electron chi connectivity index (χ4n) is 5.99. The van der Waals surface area contributed by atoms with Crippen LogP contribution in [0.15, 0.2) is 29.6 Å². The van der Waals surface area contributed by atoms with E-state index in [1.807, 2.05) is 11.4 Å². The Morgan fingerprint density at radius 3 is 2.64 bits per heavy atom. The van der Waals surface area contributed by atoms with Crippen molar-refractivity contribution in [3.8, 4) is 11.3 Å². The van der Waals surface area contributed by atoms with E-state index in [1.54, 1.807) is 0 Å². The molecule has 3 aromatic rings. The number of thiophene rings is 1. The van der Waals surface area contributed by atoms with Gasteiger partial charge >= 0.3 is 0 Å². The van der Waals surface area contributed by atoms with E-state index >= 15 is 0 Å². The Labute approximate surface area is 196 Å². The number of hydrogen-bond donors (Lipinski definition) is 1. The molecule has 1 N–H and O–H groups in total. The third-order valence-corrected chi connectivity index (χ3v) is 8.51. The Morgan fingerprint density at radius 1 is 1.06 bits per heavy atom. The molecule has 33 heavy (non-hydrogen) atoms. The fourth-order valence-corrected chi connectivity index (χ4v) is 6.89. The van der Waals surface area contributed by atoms with E-state index in [-0.39, 0.29) is 5.56 Å². The van der Waals surface area contributed by atoms with Crippen LogP contribution in [0.4, 0.5) is 14.6 Å². The van der Waals surface area contributed by atoms with Crippen molar-refractivity contribution in [2.45, 2.75) is 31.7 Å². The lowest BCUT2D eigenvalue weighted by molar-refractivity contribution is 0.0545. The van der Waals surface area contributed by atoms with Gasteiger partial charge in [0.1, 0.15) is 17.3 Å². The molecule has 1 aliphatic carbocycles. The summed E-state index contributed by atoms with van der Waals surface area (Å²) in [5, 5.41) is 15.2. The van der Waals surface area contributed by atoms with Crippen LogP contribution in [0.3, 0.4) is 0 Å². The fraction of sp³-hybridized carbons (Fsp3) is 0.520. The van der Waals surface area contributed by atoms with Crippen LogP contribution in [0.25, 0.3) is 21.3 Å². The molecule has 8 heteroatoms. The van der Waals surface area contributed by atoms with Gasteiger partial charge in [-0.1, -0.05) is 0 Å². The highest BCUT2D eigenvalue weighted by Gasteiger charge is 2.41. The zero-order valence-electron chi connectivity index (χ0n) is 18.5. The van der Waals surface area contributed by atoms with Crippen LogP contribution in [-0.2, 0) is 4.74 Å². The average Bonchev–Trinajstić information content (AvgIpc) is 3.52. The summed E-state index contributed by atoms with van der Waals surface area (Å²) in [6, 6.07) is 5.81. The SMILES string of the molecule is Fc1ccc(F)c(-c2nnc(N[C@H]3C[C@@H]4CN(CC5CCOCC5)C[C@@H]4C3)c3ccsc23)c1. The minimum Gasteiger partial charge on any atom is -0.381 e. The quantitative estimate of drug-likeness (QED) is 0.557.